The zero-order valence-corrected chi connectivity index (χ0v) is 13.3. The van der Waals surface area contributed by atoms with Crippen LogP contribution in [0.2, 0.25) is 0 Å². The number of Topliss-reactive ketones (excluding diaryl/α,β-unsaturated/α-hetero) is 1. The fourth-order valence-corrected chi connectivity index (χ4v) is 2.65. The summed E-state index contributed by atoms with van der Waals surface area (Å²) in [5.74, 6) is -0.427. The van der Waals surface area contributed by atoms with E-state index in [9.17, 15) is 14.7 Å². The topological polar surface area (TPSA) is 67.1 Å². The summed E-state index contributed by atoms with van der Waals surface area (Å²) in [4.78, 5) is 24.1. The van der Waals surface area contributed by atoms with Crippen LogP contribution in [-0.2, 0) is 11.2 Å². The Morgan fingerprint density at radius 3 is 1.92 bits per heavy atom. The van der Waals surface area contributed by atoms with Crippen molar-refractivity contribution in [2.75, 3.05) is 0 Å². The van der Waals surface area contributed by atoms with Crippen LogP contribution in [-0.4, -0.2) is 15.1 Å². The number of hydrogen-bond acceptors (Lipinski definition) is 3. The average molecular weight is 321 g/mol. The first-order valence-electron chi connectivity index (χ1n) is 7.74. The summed E-state index contributed by atoms with van der Waals surface area (Å²) in [7, 11) is 0. The van der Waals surface area contributed by atoms with E-state index in [0.29, 0.717) is 11.4 Å². The van der Waals surface area contributed by atoms with Crippen molar-refractivity contribution in [2.24, 2.45) is 0 Å². The first kappa shape index (κ1) is 15.8. The van der Waals surface area contributed by atoms with Gasteiger partial charge in [-0.05, 0) is 43.5 Å². The van der Waals surface area contributed by atoms with E-state index in [2.05, 4.69) is 0 Å². The van der Waals surface area contributed by atoms with Crippen molar-refractivity contribution in [3.05, 3.63) is 76.6 Å². The molecular weight excluding hydrogens is 304 g/mol. The Balaban J connectivity index is 2.24. The van der Waals surface area contributed by atoms with Crippen LogP contribution in [0.15, 0.2) is 65.5 Å². The van der Waals surface area contributed by atoms with Gasteiger partial charge >= 0.3 is 0 Å². The second kappa shape index (κ2) is 6.58. The third-order valence-corrected chi connectivity index (χ3v) is 3.83. The van der Waals surface area contributed by atoms with Crippen LogP contribution in [0.5, 0.6) is 5.88 Å². The van der Waals surface area contributed by atoms with Gasteiger partial charge in [-0.2, -0.15) is 0 Å². The van der Waals surface area contributed by atoms with Crippen LogP contribution < -0.4 is 10.7 Å². The van der Waals surface area contributed by atoms with Crippen LogP contribution in [0.1, 0.15) is 18.9 Å². The van der Waals surface area contributed by atoms with Crippen molar-refractivity contribution in [3.8, 4) is 17.3 Å². The van der Waals surface area contributed by atoms with Crippen molar-refractivity contribution in [3.63, 3.8) is 0 Å². The molecule has 1 heterocycles. The Morgan fingerprint density at radius 2 is 1.42 bits per heavy atom. The molecule has 0 saturated heterocycles. The van der Waals surface area contributed by atoms with Gasteiger partial charge in [-0.3, -0.25) is 9.48 Å². The van der Waals surface area contributed by atoms with Crippen molar-refractivity contribution in [1.29, 1.82) is 0 Å². The Bertz CT molecular complexity index is 909. The molecule has 0 amide bonds. The van der Waals surface area contributed by atoms with Gasteiger partial charge in [0.1, 0.15) is 5.78 Å². The van der Waals surface area contributed by atoms with Gasteiger partial charge in [-0.1, -0.05) is 36.4 Å². The van der Waals surface area contributed by atoms with Gasteiger partial charge in [0.25, 0.3) is 5.56 Å². The molecule has 0 fully saturated rings. The largest absolute Gasteiger partial charge is 0.858 e. The number of rotatable bonds is 5. The molecule has 3 aromatic rings. The molecule has 0 aliphatic rings. The minimum absolute atomic E-state index is 0.0486. The minimum Gasteiger partial charge on any atom is -0.858 e. The molecule has 0 spiro atoms. The molecule has 5 nitrogen and oxygen atoms in total. The van der Waals surface area contributed by atoms with Gasteiger partial charge in [0.2, 0.25) is 0 Å². The van der Waals surface area contributed by atoms with Crippen LogP contribution in [0, 0.1) is 0 Å². The van der Waals surface area contributed by atoms with Gasteiger partial charge in [-0.25, -0.2) is 4.68 Å². The number of benzene rings is 2. The number of hydrogen-bond donors (Lipinski definition) is 0. The standard InChI is InChI=1S/C19H18N2O3/c1-14(22)12-13-17-18(23)20(15-8-4-2-5-9-15)21(19(17)24)16-10-6-3-7-11-16/h2-11,23H,12-13H2,1H3/p-1. The molecule has 2 aromatic carbocycles. The van der Waals surface area contributed by atoms with Gasteiger partial charge in [0.05, 0.1) is 11.4 Å². The highest BCUT2D eigenvalue weighted by molar-refractivity contribution is 5.75. The molecule has 0 aliphatic carbocycles. The predicted octanol–water partition coefficient (Wildman–Crippen LogP) is 2.22. The molecule has 0 atom stereocenters. The zero-order chi connectivity index (χ0) is 17.1. The molecule has 0 unspecified atom stereocenters. The van der Waals surface area contributed by atoms with Crippen LogP contribution in [0.4, 0.5) is 0 Å². The van der Waals surface area contributed by atoms with Gasteiger partial charge in [-0.15, -0.1) is 0 Å². The molecular formula is C19H17N2O3-. The highest BCUT2D eigenvalue weighted by atomic mass is 16.3. The quantitative estimate of drug-likeness (QED) is 0.723. The van der Waals surface area contributed by atoms with Gasteiger partial charge < -0.3 is 9.90 Å². The summed E-state index contributed by atoms with van der Waals surface area (Å²) in [5, 5.41) is 12.8. The van der Waals surface area contributed by atoms with Crippen LogP contribution >= 0.6 is 0 Å². The monoisotopic (exact) mass is 321 g/mol. The van der Waals surface area contributed by atoms with E-state index in [4.69, 9.17) is 0 Å². The summed E-state index contributed by atoms with van der Waals surface area (Å²) in [6.45, 7) is 1.45. The Labute approximate surface area is 139 Å². The second-order valence-electron chi connectivity index (χ2n) is 5.59. The highest BCUT2D eigenvalue weighted by Gasteiger charge is 2.16. The number of carbonyl (C=O) groups excluding carboxylic acids is 1. The number of nitrogens with zero attached hydrogens (tertiary/aromatic N) is 2. The van der Waals surface area contributed by atoms with E-state index < -0.39 is 0 Å². The lowest BCUT2D eigenvalue weighted by Crippen LogP contribution is -2.22. The van der Waals surface area contributed by atoms with Crippen LogP contribution in [0.3, 0.4) is 0 Å². The number of ketones is 1. The SMILES string of the molecule is CC(=O)CCc1c([O-])n(-c2ccccc2)n(-c2ccccc2)c1=O. The van der Waals surface area contributed by atoms with E-state index in [-0.39, 0.29) is 35.6 Å². The normalized spacial score (nSPS) is 10.7. The fraction of sp³-hybridized carbons (Fsp3) is 0.158. The maximum absolute atomic E-state index is 12.8. The van der Waals surface area contributed by atoms with Gasteiger partial charge in [0.15, 0.2) is 0 Å². The molecule has 0 aliphatic heterocycles. The number of para-hydroxylation sites is 2. The Morgan fingerprint density at radius 1 is 0.917 bits per heavy atom. The zero-order valence-electron chi connectivity index (χ0n) is 13.3. The maximum Gasteiger partial charge on any atom is 0.274 e. The molecule has 122 valence electrons. The smallest absolute Gasteiger partial charge is 0.274 e. The van der Waals surface area contributed by atoms with Gasteiger partial charge in [0, 0.05) is 12.0 Å². The minimum atomic E-state index is -0.378. The maximum atomic E-state index is 12.8. The molecule has 24 heavy (non-hydrogen) atoms. The molecule has 0 saturated carbocycles. The Hall–Kier alpha value is -3.08. The lowest BCUT2D eigenvalue weighted by atomic mass is 10.1. The van der Waals surface area contributed by atoms with E-state index in [1.165, 1.54) is 16.3 Å². The first-order valence-corrected chi connectivity index (χ1v) is 7.74. The second-order valence-corrected chi connectivity index (χ2v) is 5.59. The van der Waals surface area contributed by atoms with E-state index >= 15 is 0 Å². The number of carbonyl (C=O) groups is 1. The molecule has 0 radical (unpaired) electrons. The first-order chi connectivity index (χ1) is 11.6. The lowest BCUT2D eigenvalue weighted by Gasteiger charge is -2.18. The molecule has 0 bridgehead atoms. The predicted molar refractivity (Wildman–Crippen MR) is 89.8 cm³/mol. The lowest BCUT2D eigenvalue weighted by molar-refractivity contribution is -0.279. The highest BCUT2D eigenvalue weighted by Crippen LogP contribution is 2.21. The third-order valence-electron chi connectivity index (χ3n) is 3.83. The van der Waals surface area contributed by atoms with E-state index in [1.54, 1.807) is 24.3 Å². The molecule has 0 N–H and O–H groups in total. The third kappa shape index (κ3) is 2.88. The van der Waals surface area contributed by atoms with Crippen LogP contribution in [0.25, 0.3) is 11.4 Å². The molecule has 5 heteroatoms. The molecule has 3 rings (SSSR count). The summed E-state index contributed by atoms with van der Waals surface area (Å²) >= 11 is 0. The van der Waals surface area contributed by atoms with E-state index in [0.717, 1.165) is 0 Å². The molecule has 1 aromatic heterocycles. The summed E-state index contributed by atoms with van der Waals surface area (Å²) in [6, 6.07) is 18.0. The summed E-state index contributed by atoms with van der Waals surface area (Å²) < 4.78 is 2.74. The Kier molecular flexibility index (Phi) is 4.33. The van der Waals surface area contributed by atoms with E-state index in [1.807, 2.05) is 36.4 Å². The number of aromatic nitrogens is 2. The fourth-order valence-electron chi connectivity index (χ4n) is 2.65. The average Bonchev–Trinajstić information content (AvgIpc) is 2.85. The van der Waals surface area contributed by atoms with Crippen molar-refractivity contribution < 1.29 is 9.90 Å². The summed E-state index contributed by atoms with van der Waals surface area (Å²) in [6.07, 6.45) is 0.331. The van der Waals surface area contributed by atoms with Crippen molar-refractivity contribution in [1.82, 2.24) is 9.36 Å². The summed E-state index contributed by atoms with van der Waals surface area (Å²) in [5.41, 5.74) is 0.976. The van der Waals surface area contributed by atoms with Crippen molar-refractivity contribution >= 4 is 5.78 Å². The van der Waals surface area contributed by atoms with Crippen molar-refractivity contribution in [2.45, 2.75) is 19.8 Å².